The minimum Gasteiger partial charge on any atom is -0.466 e. The van der Waals surface area contributed by atoms with Gasteiger partial charge in [0.1, 0.15) is 23.9 Å². The standard InChI is InChI=1S/C18H14ClN5O5/c1-9-15(17(25)28-2)16(23-18(22-9)20-8-21-23)14-6-5-13(29-14)11-4-3-10(24(26)27)7-12(11)19/h3-8,16H,1-2H3,(H,20,21,22)/t16-/m1/s1. The third-order valence-corrected chi connectivity index (χ3v) is 4.84. The van der Waals surface area contributed by atoms with E-state index in [-0.39, 0.29) is 10.7 Å². The summed E-state index contributed by atoms with van der Waals surface area (Å²) < 4.78 is 12.4. The topological polar surface area (TPSA) is 125 Å². The van der Waals surface area contributed by atoms with Crippen molar-refractivity contribution < 1.29 is 18.9 Å². The number of carbonyl (C=O) groups is 1. The number of methoxy groups -OCH3 is 1. The molecule has 2 aromatic heterocycles. The molecule has 3 aromatic rings. The highest BCUT2D eigenvalue weighted by Crippen LogP contribution is 2.39. The maximum Gasteiger partial charge on any atom is 0.338 e. The molecule has 0 unspecified atom stereocenters. The first kappa shape index (κ1) is 18.7. The van der Waals surface area contributed by atoms with E-state index in [2.05, 4.69) is 15.4 Å². The summed E-state index contributed by atoms with van der Waals surface area (Å²) in [7, 11) is 1.29. The predicted molar refractivity (Wildman–Crippen MR) is 102 cm³/mol. The molecule has 1 aliphatic rings. The van der Waals surface area contributed by atoms with Crippen LogP contribution in [0.25, 0.3) is 11.3 Å². The lowest BCUT2D eigenvalue weighted by atomic mass is 10.0. The minimum absolute atomic E-state index is 0.123. The van der Waals surface area contributed by atoms with E-state index in [1.165, 1.54) is 36.3 Å². The molecule has 1 N–H and O–H groups in total. The van der Waals surface area contributed by atoms with Crippen molar-refractivity contribution in [1.82, 2.24) is 14.8 Å². The maximum atomic E-state index is 12.4. The van der Waals surface area contributed by atoms with Crippen LogP contribution in [0.3, 0.4) is 0 Å². The van der Waals surface area contributed by atoms with Crippen molar-refractivity contribution in [3.05, 3.63) is 68.8 Å². The van der Waals surface area contributed by atoms with E-state index in [9.17, 15) is 14.9 Å². The molecular weight excluding hydrogens is 402 g/mol. The fourth-order valence-corrected chi connectivity index (χ4v) is 3.46. The van der Waals surface area contributed by atoms with E-state index in [1.54, 1.807) is 19.1 Å². The zero-order valence-electron chi connectivity index (χ0n) is 15.2. The Morgan fingerprint density at radius 2 is 2.17 bits per heavy atom. The molecule has 1 aliphatic heterocycles. The number of esters is 1. The number of fused-ring (bicyclic) bond motifs is 1. The first-order chi connectivity index (χ1) is 13.9. The third-order valence-electron chi connectivity index (χ3n) is 4.52. The molecule has 0 bridgehead atoms. The molecule has 1 atom stereocenters. The molecule has 0 radical (unpaired) electrons. The number of allylic oxidation sites excluding steroid dienone is 1. The van der Waals surface area contributed by atoms with Gasteiger partial charge in [0.05, 0.1) is 22.6 Å². The van der Waals surface area contributed by atoms with Crippen LogP contribution in [0.2, 0.25) is 5.02 Å². The van der Waals surface area contributed by atoms with Crippen molar-refractivity contribution in [2.24, 2.45) is 0 Å². The molecule has 10 nitrogen and oxygen atoms in total. The zero-order valence-corrected chi connectivity index (χ0v) is 16.0. The average Bonchev–Trinajstić information content (AvgIpc) is 3.35. The number of nitrogens with zero attached hydrogens (tertiary/aromatic N) is 4. The van der Waals surface area contributed by atoms with Crippen LogP contribution < -0.4 is 5.32 Å². The fraction of sp³-hybridized carbons (Fsp3) is 0.167. The molecule has 0 aliphatic carbocycles. The number of rotatable bonds is 4. The number of hydrogen-bond donors (Lipinski definition) is 1. The number of halogens is 1. The lowest BCUT2D eigenvalue weighted by Gasteiger charge is -2.26. The monoisotopic (exact) mass is 415 g/mol. The van der Waals surface area contributed by atoms with Crippen LogP contribution in [0.4, 0.5) is 11.6 Å². The number of ether oxygens (including phenoxy) is 1. The van der Waals surface area contributed by atoms with E-state index in [0.717, 1.165) is 0 Å². The number of benzene rings is 1. The smallest absolute Gasteiger partial charge is 0.338 e. The Hall–Kier alpha value is -3.66. The van der Waals surface area contributed by atoms with Crippen LogP contribution in [-0.4, -0.2) is 32.8 Å². The highest BCUT2D eigenvalue weighted by Gasteiger charge is 2.36. The second-order valence-electron chi connectivity index (χ2n) is 6.21. The van der Waals surface area contributed by atoms with Crippen molar-refractivity contribution in [1.29, 1.82) is 0 Å². The summed E-state index contributed by atoms with van der Waals surface area (Å²) >= 11 is 6.21. The second-order valence-corrected chi connectivity index (χ2v) is 6.62. The third kappa shape index (κ3) is 3.13. The summed E-state index contributed by atoms with van der Waals surface area (Å²) in [6, 6.07) is 6.76. The van der Waals surface area contributed by atoms with Crippen molar-refractivity contribution in [3.8, 4) is 11.3 Å². The van der Waals surface area contributed by atoms with Gasteiger partial charge in [0.25, 0.3) is 5.69 Å². The first-order valence-electron chi connectivity index (χ1n) is 8.40. The van der Waals surface area contributed by atoms with E-state index in [1.807, 2.05) is 0 Å². The van der Waals surface area contributed by atoms with Gasteiger partial charge in [-0.2, -0.15) is 10.1 Å². The molecule has 0 spiro atoms. The molecule has 4 rings (SSSR count). The van der Waals surface area contributed by atoms with Gasteiger partial charge in [-0.25, -0.2) is 9.48 Å². The van der Waals surface area contributed by atoms with Crippen LogP contribution in [-0.2, 0) is 9.53 Å². The summed E-state index contributed by atoms with van der Waals surface area (Å²) in [6.45, 7) is 1.73. The van der Waals surface area contributed by atoms with Gasteiger partial charge in [0, 0.05) is 23.4 Å². The Labute approximate surface area is 168 Å². The number of aromatic nitrogens is 3. The number of non-ortho nitro benzene ring substituents is 1. The highest BCUT2D eigenvalue weighted by atomic mass is 35.5. The Morgan fingerprint density at radius 1 is 1.38 bits per heavy atom. The normalized spacial score (nSPS) is 15.6. The Balaban J connectivity index is 1.79. The van der Waals surface area contributed by atoms with E-state index in [0.29, 0.717) is 34.3 Å². The number of hydrogen-bond acceptors (Lipinski definition) is 8. The van der Waals surface area contributed by atoms with Crippen molar-refractivity contribution in [2.75, 3.05) is 12.4 Å². The van der Waals surface area contributed by atoms with E-state index >= 15 is 0 Å². The number of anilines is 1. The molecule has 0 saturated heterocycles. The van der Waals surface area contributed by atoms with Crippen molar-refractivity contribution in [2.45, 2.75) is 13.0 Å². The molecule has 29 heavy (non-hydrogen) atoms. The number of furan rings is 1. The largest absolute Gasteiger partial charge is 0.466 e. The van der Waals surface area contributed by atoms with Crippen LogP contribution in [0.5, 0.6) is 0 Å². The van der Waals surface area contributed by atoms with Gasteiger partial charge in [-0.1, -0.05) is 11.6 Å². The SMILES string of the molecule is COC(=O)C1=C(C)Nc2ncnn2[C@@H]1c1ccc(-c2ccc([N+](=O)[O-])cc2Cl)o1. The number of carbonyl (C=O) groups excluding carboxylic acids is 1. The van der Waals surface area contributed by atoms with Gasteiger partial charge in [0.2, 0.25) is 5.95 Å². The van der Waals surface area contributed by atoms with Crippen molar-refractivity contribution in [3.63, 3.8) is 0 Å². The molecule has 3 heterocycles. The Kier molecular flexibility index (Phi) is 4.55. The summed E-state index contributed by atoms with van der Waals surface area (Å²) in [6.07, 6.45) is 1.36. The Morgan fingerprint density at radius 3 is 2.86 bits per heavy atom. The van der Waals surface area contributed by atoms with E-state index < -0.39 is 16.9 Å². The van der Waals surface area contributed by atoms with Gasteiger partial charge < -0.3 is 14.5 Å². The van der Waals surface area contributed by atoms with Crippen LogP contribution in [0.1, 0.15) is 18.7 Å². The maximum absolute atomic E-state index is 12.4. The Bertz CT molecular complexity index is 1170. The van der Waals surface area contributed by atoms with Crippen LogP contribution in [0, 0.1) is 10.1 Å². The van der Waals surface area contributed by atoms with Gasteiger partial charge in [-0.05, 0) is 25.1 Å². The van der Waals surface area contributed by atoms with Gasteiger partial charge in [-0.15, -0.1) is 0 Å². The summed E-state index contributed by atoms with van der Waals surface area (Å²) in [5.41, 5.74) is 1.24. The molecular formula is C18H14ClN5O5. The quantitative estimate of drug-likeness (QED) is 0.389. The fourth-order valence-electron chi connectivity index (χ4n) is 3.19. The summed E-state index contributed by atoms with van der Waals surface area (Å²) in [5, 5.41) is 18.3. The first-order valence-corrected chi connectivity index (χ1v) is 8.78. The summed E-state index contributed by atoms with van der Waals surface area (Å²) in [4.78, 5) is 26.9. The molecule has 0 saturated carbocycles. The number of nitrogens with one attached hydrogen (secondary N) is 1. The minimum atomic E-state index is -0.702. The van der Waals surface area contributed by atoms with Crippen LogP contribution >= 0.6 is 11.6 Å². The van der Waals surface area contributed by atoms with Gasteiger partial charge in [0.15, 0.2) is 0 Å². The summed E-state index contributed by atoms with van der Waals surface area (Å²) in [5.74, 6) is 0.711. The average molecular weight is 416 g/mol. The molecule has 1 aromatic carbocycles. The second kappa shape index (κ2) is 7.06. The number of nitro groups is 1. The molecule has 0 fully saturated rings. The molecule has 0 amide bonds. The van der Waals surface area contributed by atoms with Gasteiger partial charge >= 0.3 is 5.97 Å². The molecule has 148 valence electrons. The lowest BCUT2D eigenvalue weighted by molar-refractivity contribution is -0.384. The molecule has 11 heteroatoms. The van der Waals surface area contributed by atoms with Gasteiger partial charge in [-0.3, -0.25) is 10.1 Å². The zero-order chi connectivity index (χ0) is 20.7. The predicted octanol–water partition coefficient (Wildman–Crippen LogP) is 3.56. The highest BCUT2D eigenvalue weighted by molar-refractivity contribution is 6.33. The van der Waals surface area contributed by atoms with Crippen LogP contribution in [0.15, 0.2) is 52.3 Å². The van der Waals surface area contributed by atoms with E-state index in [4.69, 9.17) is 20.8 Å². The van der Waals surface area contributed by atoms with Crippen molar-refractivity contribution >= 4 is 29.2 Å². The lowest BCUT2D eigenvalue weighted by Crippen LogP contribution is -2.29. The number of nitro benzene ring substituents is 1.